The number of benzene rings is 1. The maximum absolute atomic E-state index is 13.7. The summed E-state index contributed by atoms with van der Waals surface area (Å²) >= 11 is 2.60. The van der Waals surface area contributed by atoms with Crippen LogP contribution in [0.2, 0.25) is 0 Å². The fraction of sp³-hybridized carbons (Fsp3) is 0.278. The van der Waals surface area contributed by atoms with E-state index in [2.05, 4.69) is 15.3 Å². The summed E-state index contributed by atoms with van der Waals surface area (Å²) < 4.78 is 13.7. The fourth-order valence-corrected chi connectivity index (χ4v) is 3.92. The number of nitrogens with two attached hydrogens (primary N) is 1. The van der Waals surface area contributed by atoms with Gasteiger partial charge in [-0.1, -0.05) is 23.9 Å². The first kappa shape index (κ1) is 18.6. The van der Waals surface area contributed by atoms with Gasteiger partial charge in [-0.05, 0) is 39.2 Å². The summed E-state index contributed by atoms with van der Waals surface area (Å²) in [4.78, 5) is 22.6. The van der Waals surface area contributed by atoms with Gasteiger partial charge in [0.15, 0.2) is 5.16 Å². The third-order valence-corrected chi connectivity index (χ3v) is 5.19. The van der Waals surface area contributed by atoms with Gasteiger partial charge in [0, 0.05) is 11.1 Å². The van der Waals surface area contributed by atoms with Gasteiger partial charge < -0.3 is 11.1 Å². The SMILES string of the molecule is CSc1nc(-c2cccc(F)c2)c2c(N)c(C(=O)NC(C)(C)C)sc2n1. The number of nitrogens with one attached hydrogen (secondary N) is 1. The molecule has 0 bridgehead atoms. The zero-order valence-corrected chi connectivity index (χ0v) is 16.5. The number of aromatic nitrogens is 2. The molecular weight excluding hydrogens is 371 g/mol. The zero-order chi connectivity index (χ0) is 19.1. The monoisotopic (exact) mass is 390 g/mol. The normalized spacial score (nSPS) is 11.7. The van der Waals surface area contributed by atoms with Crippen molar-refractivity contribution in [3.8, 4) is 11.3 Å². The number of rotatable bonds is 3. The molecule has 0 spiro atoms. The van der Waals surface area contributed by atoms with E-state index in [1.807, 2.05) is 27.0 Å². The largest absolute Gasteiger partial charge is 0.397 e. The second-order valence-corrected chi connectivity index (χ2v) is 8.57. The molecule has 3 N–H and O–H groups in total. The van der Waals surface area contributed by atoms with Crippen LogP contribution in [0.25, 0.3) is 21.5 Å². The maximum atomic E-state index is 13.7. The number of carbonyl (C=O) groups is 1. The molecule has 0 fully saturated rings. The summed E-state index contributed by atoms with van der Waals surface area (Å²) in [6.45, 7) is 5.70. The Balaban J connectivity index is 2.23. The fourth-order valence-electron chi connectivity index (χ4n) is 2.50. The minimum absolute atomic E-state index is 0.256. The van der Waals surface area contributed by atoms with Crippen molar-refractivity contribution in [3.05, 3.63) is 35.0 Å². The topological polar surface area (TPSA) is 80.9 Å². The quantitative estimate of drug-likeness (QED) is 0.514. The lowest BCUT2D eigenvalue weighted by atomic mass is 10.1. The van der Waals surface area contributed by atoms with Crippen molar-refractivity contribution in [2.75, 3.05) is 12.0 Å². The molecule has 0 radical (unpaired) electrons. The van der Waals surface area contributed by atoms with Gasteiger partial charge in [-0.25, -0.2) is 14.4 Å². The Morgan fingerprint density at radius 3 is 2.65 bits per heavy atom. The second kappa shape index (κ2) is 6.85. The smallest absolute Gasteiger partial charge is 0.263 e. The number of carbonyl (C=O) groups excluding carboxylic acids is 1. The summed E-state index contributed by atoms with van der Waals surface area (Å²) in [5, 5.41) is 4.04. The van der Waals surface area contributed by atoms with Crippen LogP contribution in [-0.2, 0) is 0 Å². The molecule has 0 saturated heterocycles. The van der Waals surface area contributed by atoms with Crippen LogP contribution in [0.1, 0.15) is 30.4 Å². The van der Waals surface area contributed by atoms with Crippen molar-refractivity contribution in [3.63, 3.8) is 0 Å². The van der Waals surface area contributed by atoms with Crippen LogP contribution in [0.3, 0.4) is 0 Å². The average molecular weight is 391 g/mol. The molecule has 1 amide bonds. The van der Waals surface area contributed by atoms with E-state index in [9.17, 15) is 9.18 Å². The van der Waals surface area contributed by atoms with E-state index < -0.39 is 0 Å². The van der Waals surface area contributed by atoms with Crippen molar-refractivity contribution in [1.82, 2.24) is 15.3 Å². The predicted molar refractivity (Wildman–Crippen MR) is 106 cm³/mol. The van der Waals surface area contributed by atoms with Crippen LogP contribution in [0.5, 0.6) is 0 Å². The van der Waals surface area contributed by atoms with Crippen molar-refractivity contribution in [1.29, 1.82) is 0 Å². The number of nitrogens with zero attached hydrogens (tertiary/aromatic N) is 2. The number of thiophene rings is 1. The van der Waals surface area contributed by atoms with Gasteiger partial charge in [-0.15, -0.1) is 11.3 Å². The van der Waals surface area contributed by atoms with E-state index in [-0.39, 0.29) is 17.3 Å². The van der Waals surface area contributed by atoms with Crippen molar-refractivity contribution in [2.24, 2.45) is 0 Å². The van der Waals surface area contributed by atoms with E-state index in [1.54, 1.807) is 12.1 Å². The number of anilines is 1. The minimum Gasteiger partial charge on any atom is -0.397 e. The molecule has 0 aliphatic heterocycles. The first-order valence-corrected chi connectivity index (χ1v) is 9.96. The molecular formula is C18H19FN4OS2. The maximum Gasteiger partial charge on any atom is 0.263 e. The van der Waals surface area contributed by atoms with Crippen LogP contribution in [-0.4, -0.2) is 27.7 Å². The van der Waals surface area contributed by atoms with Crippen LogP contribution in [0.4, 0.5) is 10.1 Å². The molecule has 1 aromatic carbocycles. The van der Waals surface area contributed by atoms with Gasteiger partial charge >= 0.3 is 0 Å². The molecule has 8 heteroatoms. The lowest BCUT2D eigenvalue weighted by Gasteiger charge is -2.20. The van der Waals surface area contributed by atoms with Crippen LogP contribution >= 0.6 is 23.1 Å². The molecule has 5 nitrogen and oxygen atoms in total. The first-order chi connectivity index (χ1) is 12.2. The van der Waals surface area contributed by atoms with Crippen molar-refractivity contribution >= 4 is 44.9 Å². The molecule has 0 aliphatic rings. The second-order valence-electron chi connectivity index (χ2n) is 6.80. The summed E-state index contributed by atoms with van der Waals surface area (Å²) in [6, 6.07) is 6.16. The number of thioether (sulfide) groups is 1. The van der Waals surface area contributed by atoms with Crippen molar-refractivity contribution < 1.29 is 9.18 Å². The highest BCUT2D eigenvalue weighted by Gasteiger charge is 2.24. The Bertz CT molecular complexity index is 995. The van der Waals surface area contributed by atoms with Crippen LogP contribution in [0.15, 0.2) is 29.4 Å². The molecule has 0 atom stereocenters. The Hall–Kier alpha value is -2.19. The average Bonchev–Trinajstić information content (AvgIpc) is 2.89. The van der Waals surface area contributed by atoms with Crippen LogP contribution in [0, 0.1) is 5.82 Å². The van der Waals surface area contributed by atoms with Gasteiger partial charge in [0.2, 0.25) is 0 Å². The van der Waals surface area contributed by atoms with E-state index in [4.69, 9.17) is 5.73 Å². The number of halogens is 1. The Morgan fingerprint density at radius 1 is 1.31 bits per heavy atom. The standard InChI is InChI=1S/C18H19FN4OS2/c1-18(2,3)23-15(24)14-12(20)11-13(9-6-5-7-10(19)8-9)21-17(25-4)22-16(11)26-14/h5-8H,20H2,1-4H3,(H,23,24). The first-order valence-electron chi connectivity index (χ1n) is 7.92. The molecule has 3 aromatic rings. The molecule has 3 rings (SSSR count). The molecule has 26 heavy (non-hydrogen) atoms. The highest BCUT2D eigenvalue weighted by atomic mass is 32.2. The molecule has 0 aliphatic carbocycles. The van der Waals surface area contributed by atoms with Gasteiger partial charge in [-0.2, -0.15) is 0 Å². The summed E-state index contributed by atoms with van der Waals surface area (Å²) in [5.74, 6) is -0.617. The summed E-state index contributed by atoms with van der Waals surface area (Å²) in [5.41, 5.74) is 7.35. The third-order valence-electron chi connectivity index (χ3n) is 3.54. The summed E-state index contributed by atoms with van der Waals surface area (Å²) in [6.07, 6.45) is 1.86. The number of hydrogen-bond acceptors (Lipinski definition) is 6. The number of nitrogen functional groups attached to an aromatic ring is 1. The van der Waals surface area contributed by atoms with Gasteiger partial charge in [-0.3, -0.25) is 4.79 Å². The van der Waals surface area contributed by atoms with E-state index in [0.717, 1.165) is 0 Å². The highest BCUT2D eigenvalue weighted by Crippen LogP contribution is 2.39. The molecule has 2 heterocycles. The molecule has 0 unspecified atom stereocenters. The minimum atomic E-state index is -0.388. The van der Waals surface area contributed by atoms with Gasteiger partial charge in [0.1, 0.15) is 15.5 Å². The highest BCUT2D eigenvalue weighted by molar-refractivity contribution is 7.98. The van der Waals surface area contributed by atoms with Crippen molar-refractivity contribution in [2.45, 2.75) is 31.5 Å². The van der Waals surface area contributed by atoms with Crippen LogP contribution < -0.4 is 11.1 Å². The van der Waals surface area contributed by atoms with Gasteiger partial charge in [0.25, 0.3) is 5.91 Å². The van der Waals surface area contributed by atoms with Gasteiger partial charge in [0.05, 0.1) is 16.8 Å². The number of amides is 1. The summed E-state index contributed by atoms with van der Waals surface area (Å²) in [7, 11) is 0. The lowest BCUT2D eigenvalue weighted by molar-refractivity contribution is 0.0924. The molecule has 0 saturated carbocycles. The molecule has 2 aromatic heterocycles. The third kappa shape index (κ3) is 3.66. The Morgan fingerprint density at radius 2 is 2.04 bits per heavy atom. The number of fused-ring (bicyclic) bond motifs is 1. The van der Waals surface area contributed by atoms with E-state index >= 15 is 0 Å². The number of hydrogen-bond donors (Lipinski definition) is 2. The van der Waals surface area contributed by atoms with E-state index in [0.29, 0.717) is 37.2 Å². The predicted octanol–water partition coefficient (Wildman–Crippen LogP) is 4.33. The lowest BCUT2D eigenvalue weighted by Crippen LogP contribution is -2.40. The Labute approximate surface area is 159 Å². The Kier molecular flexibility index (Phi) is 4.90. The molecule has 136 valence electrons. The van der Waals surface area contributed by atoms with E-state index in [1.165, 1.54) is 35.2 Å². The zero-order valence-electron chi connectivity index (χ0n) is 14.9.